The van der Waals surface area contributed by atoms with Gasteiger partial charge in [0.05, 0.1) is 12.7 Å². The van der Waals surface area contributed by atoms with Gasteiger partial charge in [0.25, 0.3) is 0 Å². The molecule has 3 rings (SSSR count). The van der Waals surface area contributed by atoms with Gasteiger partial charge < -0.3 is 14.8 Å². The topological polar surface area (TPSA) is 30.5 Å². The lowest BCUT2D eigenvalue weighted by atomic mass is 10.0. The first kappa shape index (κ1) is 15.1. The van der Waals surface area contributed by atoms with Crippen LogP contribution in [-0.2, 0) is 15.9 Å². The van der Waals surface area contributed by atoms with Crippen molar-refractivity contribution in [3.63, 3.8) is 0 Å². The number of rotatable bonds is 5. The van der Waals surface area contributed by atoms with E-state index in [2.05, 4.69) is 60.8 Å². The molecule has 1 aliphatic rings. The molecule has 1 N–H and O–H groups in total. The zero-order valence-electron chi connectivity index (χ0n) is 13.2. The largest absolute Gasteiger partial charge is 0.388 e. The summed E-state index contributed by atoms with van der Waals surface area (Å²) in [6, 6.07) is 17.0. The monoisotopic (exact) mass is 297 g/mol. The van der Waals surface area contributed by atoms with Crippen LogP contribution in [0.5, 0.6) is 0 Å². The SMILES string of the molecule is CC[C@@H]1CO[C@H](c2ccc(Cc3cccc(NC)c3)cc2)O1. The summed E-state index contributed by atoms with van der Waals surface area (Å²) in [5.74, 6) is 0. The van der Waals surface area contributed by atoms with E-state index in [-0.39, 0.29) is 12.4 Å². The van der Waals surface area contributed by atoms with Gasteiger partial charge in [-0.05, 0) is 36.1 Å². The van der Waals surface area contributed by atoms with E-state index in [1.54, 1.807) is 0 Å². The molecule has 2 aromatic rings. The van der Waals surface area contributed by atoms with Gasteiger partial charge in [-0.3, -0.25) is 0 Å². The van der Waals surface area contributed by atoms with Crippen LogP contribution in [0.3, 0.4) is 0 Å². The van der Waals surface area contributed by atoms with E-state index < -0.39 is 0 Å². The Morgan fingerprint density at radius 1 is 1.09 bits per heavy atom. The zero-order chi connectivity index (χ0) is 15.4. The predicted molar refractivity (Wildman–Crippen MR) is 89.1 cm³/mol. The Kier molecular flexibility index (Phi) is 4.76. The molecule has 22 heavy (non-hydrogen) atoms. The number of hydrogen-bond donors (Lipinski definition) is 1. The van der Waals surface area contributed by atoms with Gasteiger partial charge in [-0.1, -0.05) is 43.3 Å². The van der Waals surface area contributed by atoms with Crippen molar-refractivity contribution in [2.45, 2.75) is 32.2 Å². The molecular formula is C19H23NO2. The molecule has 0 amide bonds. The second-order valence-corrected chi connectivity index (χ2v) is 5.70. The van der Waals surface area contributed by atoms with Crippen molar-refractivity contribution in [3.05, 3.63) is 65.2 Å². The van der Waals surface area contributed by atoms with Crippen molar-refractivity contribution in [2.24, 2.45) is 0 Å². The van der Waals surface area contributed by atoms with Crippen molar-refractivity contribution < 1.29 is 9.47 Å². The highest BCUT2D eigenvalue weighted by molar-refractivity contribution is 5.46. The summed E-state index contributed by atoms with van der Waals surface area (Å²) in [5, 5.41) is 3.18. The molecule has 3 heteroatoms. The number of nitrogens with one attached hydrogen (secondary N) is 1. The highest BCUT2D eigenvalue weighted by atomic mass is 16.7. The summed E-state index contributed by atoms with van der Waals surface area (Å²) in [7, 11) is 1.94. The van der Waals surface area contributed by atoms with Crippen LogP contribution in [0.25, 0.3) is 0 Å². The Morgan fingerprint density at radius 2 is 1.91 bits per heavy atom. The summed E-state index contributed by atoms with van der Waals surface area (Å²) in [5.41, 5.74) is 4.84. The van der Waals surface area contributed by atoms with Crippen LogP contribution in [-0.4, -0.2) is 19.8 Å². The Labute approximate surface area is 132 Å². The van der Waals surface area contributed by atoms with Crippen LogP contribution in [0.2, 0.25) is 0 Å². The fourth-order valence-corrected chi connectivity index (χ4v) is 2.70. The molecule has 0 bridgehead atoms. The molecule has 0 aliphatic carbocycles. The van der Waals surface area contributed by atoms with Crippen LogP contribution < -0.4 is 5.32 Å². The number of benzene rings is 2. The minimum atomic E-state index is -0.202. The second kappa shape index (κ2) is 6.95. The molecule has 116 valence electrons. The third-order valence-corrected chi connectivity index (χ3v) is 4.08. The summed E-state index contributed by atoms with van der Waals surface area (Å²) in [6.07, 6.45) is 1.96. The maximum Gasteiger partial charge on any atom is 0.184 e. The third kappa shape index (κ3) is 3.49. The predicted octanol–water partition coefficient (Wildman–Crippen LogP) is 4.14. The van der Waals surface area contributed by atoms with Gasteiger partial charge in [-0.15, -0.1) is 0 Å². The van der Waals surface area contributed by atoms with Crippen LogP contribution in [0, 0.1) is 0 Å². The maximum absolute atomic E-state index is 5.85. The first-order chi connectivity index (χ1) is 10.8. The second-order valence-electron chi connectivity index (χ2n) is 5.70. The first-order valence-corrected chi connectivity index (χ1v) is 7.91. The Balaban J connectivity index is 1.66. The molecular weight excluding hydrogens is 274 g/mol. The average Bonchev–Trinajstić information content (AvgIpc) is 3.05. The lowest BCUT2D eigenvalue weighted by Gasteiger charge is -2.12. The van der Waals surface area contributed by atoms with E-state index >= 15 is 0 Å². The zero-order valence-corrected chi connectivity index (χ0v) is 13.2. The van der Waals surface area contributed by atoms with Gasteiger partial charge in [0, 0.05) is 18.3 Å². The van der Waals surface area contributed by atoms with Gasteiger partial charge in [-0.2, -0.15) is 0 Å². The van der Waals surface area contributed by atoms with Crippen LogP contribution >= 0.6 is 0 Å². The summed E-state index contributed by atoms with van der Waals surface area (Å²) >= 11 is 0. The van der Waals surface area contributed by atoms with E-state index in [1.807, 2.05) is 7.05 Å². The molecule has 0 aromatic heterocycles. The molecule has 1 heterocycles. The standard InChI is InChI=1S/C19H23NO2/c1-3-18-13-21-19(22-18)16-9-7-14(8-10-16)11-15-5-4-6-17(12-15)20-2/h4-10,12,18-20H,3,11,13H2,1-2H3/t18-,19+/m1/s1. The van der Waals surface area contributed by atoms with Crippen molar-refractivity contribution >= 4 is 5.69 Å². The third-order valence-electron chi connectivity index (χ3n) is 4.08. The maximum atomic E-state index is 5.85. The highest BCUT2D eigenvalue weighted by Gasteiger charge is 2.25. The normalized spacial score (nSPS) is 21.0. The van der Waals surface area contributed by atoms with Crippen LogP contribution in [0.15, 0.2) is 48.5 Å². The van der Waals surface area contributed by atoms with Crippen molar-refractivity contribution in [1.82, 2.24) is 0 Å². The molecule has 2 atom stereocenters. The Morgan fingerprint density at radius 3 is 2.59 bits per heavy atom. The van der Waals surface area contributed by atoms with E-state index in [4.69, 9.17) is 9.47 Å². The molecule has 0 saturated carbocycles. The smallest absolute Gasteiger partial charge is 0.184 e. The number of ether oxygens (including phenoxy) is 2. The van der Waals surface area contributed by atoms with E-state index in [0.717, 1.165) is 24.1 Å². The number of anilines is 1. The quantitative estimate of drug-likeness (QED) is 0.899. The lowest BCUT2D eigenvalue weighted by Crippen LogP contribution is -2.07. The van der Waals surface area contributed by atoms with E-state index in [9.17, 15) is 0 Å². The van der Waals surface area contributed by atoms with E-state index in [1.165, 1.54) is 11.1 Å². The minimum Gasteiger partial charge on any atom is -0.388 e. The Bertz CT molecular complexity index is 609. The molecule has 0 spiro atoms. The molecule has 1 aliphatic heterocycles. The molecule has 3 nitrogen and oxygen atoms in total. The average molecular weight is 297 g/mol. The lowest BCUT2D eigenvalue weighted by molar-refractivity contribution is -0.0604. The fraction of sp³-hybridized carbons (Fsp3) is 0.368. The van der Waals surface area contributed by atoms with Crippen molar-refractivity contribution in [1.29, 1.82) is 0 Å². The minimum absolute atomic E-state index is 0.202. The molecule has 0 unspecified atom stereocenters. The van der Waals surface area contributed by atoms with Crippen LogP contribution in [0.4, 0.5) is 5.69 Å². The molecule has 2 aromatic carbocycles. The van der Waals surface area contributed by atoms with Crippen molar-refractivity contribution in [3.8, 4) is 0 Å². The van der Waals surface area contributed by atoms with Gasteiger partial charge in [-0.25, -0.2) is 0 Å². The molecule has 1 saturated heterocycles. The number of hydrogen-bond acceptors (Lipinski definition) is 3. The highest BCUT2D eigenvalue weighted by Crippen LogP contribution is 2.28. The molecule has 0 radical (unpaired) electrons. The fourth-order valence-electron chi connectivity index (χ4n) is 2.70. The van der Waals surface area contributed by atoms with Crippen molar-refractivity contribution in [2.75, 3.05) is 19.0 Å². The summed E-state index contributed by atoms with van der Waals surface area (Å²) < 4.78 is 11.6. The Hall–Kier alpha value is -1.84. The summed E-state index contributed by atoms with van der Waals surface area (Å²) in [4.78, 5) is 0. The van der Waals surface area contributed by atoms with Gasteiger partial charge in [0.2, 0.25) is 0 Å². The molecule has 1 fully saturated rings. The first-order valence-electron chi connectivity index (χ1n) is 7.91. The van der Waals surface area contributed by atoms with Gasteiger partial charge >= 0.3 is 0 Å². The van der Waals surface area contributed by atoms with Gasteiger partial charge in [0.1, 0.15) is 0 Å². The van der Waals surface area contributed by atoms with E-state index in [0.29, 0.717) is 6.61 Å². The van der Waals surface area contributed by atoms with Gasteiger partial charge in [0.15, 0.2) is 6.29 Å². The summed E-state index contributed by atoms with van der Waals surface area (Å²) in [6.45, 7) is 2.82. The van der Waals surface area contributed by atoms with Crippen LogP contribution in [0.1, 0.15) is 36.3 Å².